The molecular weight excluding hydrogens is 530 g/mol. The van der Waals surface area contributed by atoms with Crippen LogP contribution in [0.25, 0.3) is 0 Å². The van der Waals surface area contributed by atoms with Crippen LogP contribution in [0.1, 0.15) is 54.4 Å². The second kappa shape index (κ2) is 12.2. The maximum atomic E-state index is 14.9. The van der Waals surface area contributed by atoms with Crippen molar-refractivity contribution in [2.24, 2.45) is 0 Å². The summed E-state index contributed by atoms with van der Waals surface area (Å²) in [7, 11) is 0. The van der Waals surface area contributed by atoms with Crippen molar-refractivity contribution in [2.45, 2.75) is 56.2 Å². The lowest BCUT2D eigenvalue weighted by Gasteiger charge is -2.36. The Hall–Kier alpha value is -4.13. The molecule has 0 bridgehead atoms. The summed E-state index contributed by atoms with van der Waals surface area (Å²) in [5.74, 6) is -0.131. The van der Waals surface area contributed by atoms with Crippen LogP contribution in [0.2, 0.25) is 0 Å². The van der Waals surface area contributed by atoms with E-state index in [1.165, 1.54) is 0 Å². The summed E-state index contributed by atoms with van der Waals surface area (Å²) < 4.78 is 62.5. The van der Waals surface area contributed by atoms with Gasteiger partial charge >= 0.3 is 6.18 Å². The Morgan fingerprint density at radius 1 is 0.756 bits per heavy atom. The van der Waals surface area contributed by atoms with Crippen LogP contribution in [0.3, 0.4) is 0 Å². The fraction of sp³-hybridized carbons (Fsp3) is 0.265. The minimum Gasteiger partial charge on any atom is -0.457 e. The highest BCUT2D eigenvalue weighted by Gasteiger charge is 2.40. The summed E-state index contributed by atoms with van der Waals surface area (Å²) in [6.45, 7) is 0. The molecule has 4 aromatic carbocycles. The van der Waals surface area contributed by atoms with Gasteiger partial charge in [0.05, 0.1) is 5.56 Å². The summed E-state index contributed by atoms with van der Waals surface area (Å²) in [5, 5.41) is 3.08. The first kappa shape index (κ1) is 28.4. The zero-order valence-corrected chi connectivity index (χ0v) is 22.5. The number of halogens is 4. The Bertz CT molecular complexity index is 1450. The van der Waals surface area contributed by atoms with Crippen molar-refractivity contribution in [2.75, 3.05) is 0 Å². The van der Waals surface area contributed by atoms with Crippen molar-refractivity contribution in [3.05, 3.63) is 131 Å². The Morgan fingerprint density at radius 2 is 1.34 bits per heavy atom. The number of hydrogen-bond donors (Lipinski definition) is 1. The van der Waals surface area contributed by atoms with Crippen LogP contribution in [0.5, 0.6) is 11.5 Å². The van der Waals surface area contributed by atoms with Crippen molar-refractivity contribution >= 4 is 5.91 Å². The Morgan fingerprint density at radius 3 is 1.98 bits per heavy atom. The van der Waals surface area contributed by atoms with E-state index in [1.54, 1.807) is 24.3 Å². The zero-order chi connectivity index (χ0) is 28.9. The second-order valence-corrected chi connectivity index (χ2v) is 10.6. The van der Waals surface area contributed by atoms with Gasteiger partial charge in [0.1, 0.15) is 17.3 Å². The lowest BCUT2D eigenvalue weighted by molar-refractivity contribution is -0.137. The van der Waals surface area contributed by atoms with E-state index >= 15 is 0 Å². The largest absolute Gasteiger partial charge is 0.457 e. The smallest absolute Gasteiger partial charge is 0.416 e. The van der Waals surface area contributed by atoms with Gasteiger partial charge in [-0.3, -0.25) is 4.79 Å². The molecule has 212 valence electrons. The van der Waals surface area contributed by atoms with Crippen molar-refractivity contribution in [1.29, 1.82) is 0 Å². The van der Waals surface area contributed by atoms with Crippen LogP contribution in [0.15, 0.2) is 103 Å². The standard InChI is InChI=1S/C34H31F4NO2/c35-28-20-26(19-27(21-28)34(36,37)38)33(22-24-9-3-1-4-10-24,23-32(40)39-29-11-7-8-12-29)25-15-17-31(18-16-25)41-30-13-5-2-6-14-30/h1-6,9-10,13-21,29H,7-8,11-12,22-23H2,(H,39,40). The van der Waals surface area contributed by atoms with Gasteiger partial charge in [0, 0.05) is 17.9 Å². The summed E-state index contributed by atoms with van der Waals surface area (Å²) in [5.41, 5.74) is -0.903. The molecular formula is C34H31F4NO2. The SMILES string of the molecule is O=C(CC(Cc1ccccc1)(c1ccc(Oc2ccccc2)cc1)c1cc(F)cc(C(F)(F)F)c1)NC1CCCC1. The van der Waals surface area contributed by atoms with Gasteiger partial charge in [-0.25, -0.2) is 4.39 Å². The number of carbonyl (C=O) groups is 1. The molecule has 1 aliphatic rings. The second-order valence-electron chi connectivity index (χ2n) is 10.6. The van der Waals surface area contributed by atoms with Crippen LogP contribution in [0.4, 0.5) is 17.6 Å². The van der Waals surface area contributed by atoms with E-state index in [4.69, 9.17) is 4.74 Å². The van der Waals surface area contributed by atoms with E-state index in [1.807, 2.05) is 60.7 Å². The van der Waals surface area contributed by atoms with Crippen LogP contribution >= 0.6 is 0 Å². The van der Waals surface area contributed by atoms with E-state index in [9.17, 15) is 22.4 Å². The lowest BCUT2D eigenvalue weighted by atomic mass is 9.67. The van der Waals surface area contributed by atoms with E-state index in [-0.39, 0.29) is 30.4 Å². The zero-order valence-electron chi connectivity index (χ0n) is 22.5. The third-order valence-electron chi connectivity index (χ3n) is 7.69. The molecule has 0 heterocycles. The molecule has 1 N–H and O–H groups in total. The quantitative estimate of drug-likeness (QED) is 0.208. The molecule has 1 fully saturated rings. The molecule has 0 aromatic heterocycles. The fourth-order valence-corrected chi connectivity index (χ4v) is 5.70. The van der Waals surface area contributed by atoms with Crippen molar-refractivity contribution in [3.8, 4) is 11.5 Å². The predicted molar refractivity (Wildman–Crippen MR) is 150 cm³/mol. The van der Waals surface area contributed by atoms with Gasteiger partial charge in [-0.2, -0.15) is 13.2 Å². The van der Waals surface area contributed by atoms with Crippen molar-refractivity contribution in [1.82, 2.24) is 5.32 Å². The number of hydrogen-bond acceptors (Lipinski definition) is 2. The Labute approximate surface area is 237 Å². The maximum absolute atomic E-state index is 14.9. The number of benzene rings is 4. The highest BCUT2D eigenvalue weighted by molar-refractivity contribution is 5.79. The molecule has 7 heteroatoms. The summed E-state index contributed by atoms with van der Waals surface area (Å²) in [4.78, 5) is 13.6. The van der Waals surface area contributed by atoms with E-state index in [2.05, 4.69) is 5.32 Å². The van der Waals surface area contributed by atoms with Gasteiger partial charge in [-0.15, -0.1) is 0 Å². The lowest BCUT2D eigenvalue weighted by Crippen LogP contribution is -2.41. The number of amides is 1. The van der Waals surface area contributed by atoms with Crippen LogP contribution in [-0.2, 0) is 22.8 Å². The molecule has 0 aliphatic heterocycles. The van der Waals surface area contributed by atoms with Gasteiger partial charge in [0.25, 0.3) is 0 Å². The highest BCUT2D eigenvalue weighted by Crippen LogP contribution is 2.43. The number of nitrogens with one attached hydrogen (secondary N) is 1. The predicted octanol–water partition coefficient (Wildman–Crippen LogP) is 8.61. The molecule has 3 nitrogen and oxygen atoms in total. The van der Waals surface area contributed by atoms with E-state index < -0.39 is 23.0 Å². The van der Waals surface area contributed by atoms with Crippen LogP contribution in [-0.4, -0.2) is 11.9 Å². The first-order valence-electron chi connectivity index (χ1n) is 13.8. The third-order valence-corrected chi connectivity index (χ3v) is 7.69. The fourth-order valence-electron chi connectivity index (χ4n) is 5.70. The molecule has 1 aliphatic carbocycles. The van der Waals surface area contributed by atoms with Gasteiger partial charge in [-0.05, 0) is 78.4 Å². The number of alkyl halides is 3. The normalized spacial score (nSPS) is 15.3. The summed E-state index contributed by atoms with van der Waals surface area (Å²) in [6, 6.07) is 28.0. The monoisotopic (exact) mass is 561 g/mol. The molecule has 0 saturated heterocycles. The topological polar surface area (TPSA) is 38.3 Å². The third kappa shape index (κ3) is 6.96. The molecule has 1 amide bonds. The van der Waals surface area contributed by atoms with Gasteiger partial charge in [-0.1, -0.05) is 73.5 Å². The van der Waals surface area contributed by atoms with Crippen molar-refractivity contribution in [3.63, 3.8) is 0 Å². The minimum atomic E-state index is -4.76. The van der Waals surface area contributed by atoms with Crippen LogP contribution in [0, 0.1) is 5.82 Å². The molecule has 1 saturated carbocycles. The van der Waals surface area contributed by atoms with E-state index in [0.29, 0.717) is 23.1 Å². The Balaban J connectivity index is 1.63. The minimum absolute atomic E-state index is 0.0248. The Kier molecular flexibility index (Phi) is 8.43. The number of para-hydroxylation sites is 1. The van der Waals surface area contributed by atoms with E-state index in [0.717, 1.165) is 43.4 Å². The highest BCUT2D eigenvalue weighted by atomic mass is 19.4. The van der Waals surface area contributed by atoms with Crippen molar-refractivity contribution < 1.29 is 27.1 Å². The molecule has 1 atom stereocenters. The first-order valence-corrected chi connectivity index (χ1v) is 13.8. The summed E-state index contributed by atoms with van der Waals surface area (Å²) in [6.07, 6.45) is -0.968. The molecule has 5 rings (SSSR count). The molecule has 0 spiro atoms. The first-order chi connectivity index (χ1) is 19.7. The molecule has 1 unspecified atom stereocenters. The number of ether oxygens (including phenoxy) is 1. The van der Waals surface area contributed by atoms with Gasteiger partial charge in [0.2, 0.25) is 5.91 Å². The average Bonchev–Trinajstić information content (AvgIpc) is 3.46. The molecule has 0 radical (unpaired) electrons. The maximum Gasteiger partial charge on any atom is 0.416 e. The van der Waals surface area contributed by atoms with Crippen LogP contribution < -0.4 is 10.1 Å². The van der Waals surface area contributed by atoms with Gasteiger partial charge < -0.3 is 10.1 Å². The average molecular weight is 562 g/mol. The molecule has 41 heavy (non-hydrogen) atoms. The molecule has 4 aromatic rings. The van der Waals surface area contributed by atoms with Gasteiger partial charge in [0.15, 0.2) is 0 Å². The number of carbonyl (C=O) groups excluding carboxylic acids is 1. The number of rotatable bonds is 9. The summed E-state index contributed by atoms with van der Waals surface area (Å²) >= 11 is 0.